The minimum absolute atomic E-state index is 0. The molecule has 22 heteroatoms. The molecule has 54 heavy (non-hydrogen) atoms. The molecule has 0 spiro atoms. The molecule has 8 heterocycles. The SMILES string of the molecule is Cc1cc[n-]n1.Cc1cc[n-]n1.Cc1cc[n-]n1.Cc1cc[nH]n1.Cc1ccn[n-]1.Cc1ccn[n-]1.Cc1ccn[n-]1.Cc1ccn[n-]1.[Ag].[Ag].[Ag].[Ag].[Pt+2].[Pt+2]. The van der Waals surface area contributed by atoms with Gasteiger partial charge in [-0.15, -0.1) is 22.8 Å². The summed E-state index contributed by atoms with van der Waals surface area (Å²) in [5, 5.41) is 57.1. The van der Waals surface area contributed by atoms with Gasteiger partial charge in [-0.3, -0.25) is 5.10 Å². The van der Waals surface area contributed by atoms with Crippen molar-refractivity contribution in [2.45, 2.75) is 55.4 Å². The Balaban J connectivity index is -0.000000120. The van der Waals surface area contributed by atoms with Gasteiger partial charge in [0.2, 0.25) is 0 Å². The number of aromatic nitrogens is 16. The van der Waals surface area contributed by atoms with Gasteiger partial charge in [0.25, 0.3) is 0 Å². The van der Waals surface area contributed by atoms with E-state index in [4.69, 9.17) is 0 Å². The molecule has 0 fully saturated rings. The number of aryl methyl sites for hydroxylation is 8. The molecule has 0 saturated carbocycles. The Morgan fingerprint density at radius 2 is 0.667 bits per heavy atom. The van der Waals surface area contributed by atoms with Crippen molar-refractivity contribution in [2.24, 2.45) is 0 Å². The van der Waals surface area contributed by atoms with E-state index in [1.165, 1.54) is 0 Å². The zero-order valence-electron chi connectivity index (χ0n) is 30.3. The number of nitrogens with one attached hydrogen (secondary N) is 1. The molecule has 316 valence electrons. The molecule has 1 N–H and O–H groups in total. The quantitative estimate of drug-likeness (QED) is 0.216. The predicted octanol–water partition coefficient (Wildman–Crippen LogP) is 3.13. The molecule has 8 aromatic rings. The van der Waals surface area contributed by atoms with E-state index in [2.05, 4.69) is 81.6 Å². The van der Waals surface area contributed by atoms with Gasteiger partial charge in [0.15, 0.2) is 0 Å². The topological polar surface area (TPSA) is 218 Å². The summed E-state index contributed by atoms with van der Waals surface area (Å²) in [5.74, 6) is 0. The second-order valence-electron chi connectivity index (χ2n) is 9.42. The number of H-pyrrole nitrogens is 1. The van der Waals surface area contributed by atoms with Crippen molar-refractivity contribution in [3.05, 3.63) is 144 Å². The average Bonchev–Trinajstić information content (AvgIpc) is 3.87. The van der Waals surface area contributed by atoms with Crippen LogP contribution in [0.15, 0.2) is 98.1 Å². The molecule has 0 atom stereocenters. The summed E-state index contributed by atoms with van der Waals surface area (Å²) in [6.07, 6.45) is 13.5. The van der Waals surface area contributed by atoms with Crippen molar-refractivity contribution >= 4 is 0 Å². The third kappa shape index (κ3) is 41.2. The van der Waals surface area contributed by atoms with Crippen molar-refractivity contribution in [1.82, 2.24) is 81.6 Å². The van der Waals surface area contributed by atoms with Crippen LogP contribution in [0.4, 0.5) is 0 Å². The molecule has 0 bridgehead atoms. The van der Waals surface area contributed by atoms with Gasteiger partial charge in [0, 0.05) is 138 Å². The predicted molar refractivity (Wildman–Crippen MR) is 179 cm³/mol. The Morgan fingerprint density at radius 1 is 0.389 bits per heavy atom. The summed E-state index contributed by atoms with van der Waals surface area (Å²) in [6, 6.07) is 14.9. The Bertz CT molecular complexity index is 1290. The smallest absolute Gasteiger partial charge is 0.582 e. The Morgan fingerprint density at radius 3 is 0.722 bits per heavy atom. The fourth-order valence-corrected chi connectivity index (χ4v) is 2.43. The average molecular weight is 1470 g/mol. The van der Waals surface area contributed by atoms with Crippen molar-refractivity contribution in [3.8, 4) is 0 Å². The Hall–Kier alpha value is -1.98. The fraction of sp³-hybridized carbons (Fsp3) is 0.250. The second kappa shape index (κ2) is 43.7. The van der Waals surface area contributed by atoms with Crippen LogP contribution in [-0.4, -0.2) is 45.9 Å². The zero-order valence-corrected chi connectivity index (χ0v) is 40.8. The first-order valence-electron chi connectivity index (χ1n) is 14.5. The molecule has 0 aliphatic rings. The van der Waals surface area contributed by atoms with E-state index in [0.29, 0.717) is 0 Å². The minimum atomic E-state index is 0. The maximum atomic E-state index is 3.79. The van der Waals surface area contributed by atoms with Gasteiger partial charge in [0.05, 0.1) is 5.69 Å². The third-order valence-electron chi connectivity index (χ3n) is 4.83. The first-order chi connectivity index (χ1) is 23.2. The molecule has 8 aromatic heterocycles. The van der Waals surface area contributed by atoms with Gasteiger partial charge in [-0.05, 0) is 33.8 Å². The molecular weight excluding hydrogens is 1430 g/mol. The van der Waals surface area contributed by atoms with Crippen LogP contribution in [0, 0.1) is 55.4 Å². The van der Waals surface area contributed by atoms with Crippen molar-refractivity contribution in [3.63, 3.8) is 0 Å². The third-order valence-corrected chi connectivity index (χ3v) is 4.83. The maximum Gasteiger partial charge on any atom is 2.00 e. The number of nitrogens with zero attached hydrogens (tertiary/aromatic N) is 15. The first-order valence-corrected chi connectivity index (χ1v) is 14.5. The van der Waals surface area contributed by atoms with E-state index in [9.17, 15) is 0 Å². The molecule has 0 saturated heterocycles. The molecule has 0 aliphatic heterocycles. The standard InChI is InChI=1S/C4H6N2.7C4H5N2.4Ag.2Pt/c8*1-4-2-3-5-6-4;;;;;;/h2-3H,1H3,(H,5,6);7*2-3H,1H3;;;;;;/q;7*-1;;;;;2*+2. The largest absolute Gasteiger partial charge is 2.00 e. The van der Waals surface area contributed by atoms with Gasteiger partial charge in [-0.1, -0.05) is 70.2 Å². The monoisotopic (exact) mass is 1470 g/mol. The molecule has 0 unspecified atom stereocenters. The number of hydrogen-bond acceptors (Lipinski definition) is 8. The van der Waals surface area contributed by atoms with Crippen LogP contribution >= 0.6 is 0 Å². The fourth-order valence-electron chi connectivity index (χ4n) is 2.43. The van der Waals surface area contributed by atoms with Crippen molar-refractivity contribution in [2.75, 3.05) is 0 Å². The second-order valence-corrected chi connectivity index (χ2v) is 9.42. The van der Waals surface area contributed by atoms with Crippen LogP contribution in [-0.2, 0) is 132 Å². The van der Waals surface area contributed by atoms with Gasteiger partial charge in [-0.2, -0.15) is 23.7 Å². The van der Waals surface area contributed by atoms with Crippen LogP contribution in [0.2, 0.25) is 0 Å². The van der Waals surface area contributed by atoms with E-state index < -0.39 is 0 Å². The normalized spacial score (nSPS) is 7.85. The van der Waals surface area contributed by atoms with Crippen molar-refractivity contribution in [1.29, 1.82) is 0 Å². The molecule has 0 amide bonds. The summed E-state index contributed by atoms with van der Waals surface area (Å²) in [7, 11) is 0. The number of rotatable bonds is 0. The first kappa shape index (κ1) is 63.9. The van der Waals surface area contributed by atoms with Gasteiger partial charge >= 0.3 is 42.1 Å². The van der Waals surface area contributed by atoms with Gasteiger partial charge in [-0.25, -0.2) is 0 Å². The zero-order chi connectivity index (χ0) is 35.2. The molecule has 0 aliphatic carbocycles. The van der Waals surface area contributed by atoms with E-state index >= 15 is 0 Å². The van der Waals surface area contributed by atoms with E-state index in [-0.39, 0.29) is 132 Å². The maximum absolute atomic E-state index is 3.79. The number of hydrogen-bond donors (Lipinski definition) is 1. The van der Waals surface area contributed by atoms with Crippen LogP contribution < -0.4 is 35.7 Å². The molecule has 16 nitrogen and oxygen atoms in total. The molecule has 8 rings (SSSR count). The summed E-state index contributed by atoms with van der Waals surface area (Å²) in [4.78, 5) is 0. The van der Waals surface area contributed by atoms with Crippen LogP contribution in [0.5, 0.6) is 0 Å². The summed E-state index contributed by atoms with van der Waals surface area (Å²) < 4.78 is 0. The van der Waals surface area contributed by atoms with E-state index in [1.807, 2.05) is 104 Å². The molecule has 0 aromatic carbocycles. The Labute approximate surface area is 407 Å². The molecular formula is C32H41Ag4N16Pt2-3. The summed E-state index contributed by atoms with van der Waals surface area (Å²) in [5.41, 5.74) is 7.91. The van der Waals surface area contributed by atoms with E-state index in [0.717, 1.165) is 45.6 Å². The van der Waals surface area contributed by atoms with E-state index in [1.54, 1.807) is 49.6 Å². The van der Waals surface area contributed by atoms with Gasteiger partial charge < -0.3 is 71.4 Å². The van der Waals surface area contributed by atoms with Gasteiger partial charge in [0.1, 0.15) is 0 Å². The summed E-state index contributed by atoms with van der Waals surface area (Å²) in [6.45, 7) is 15.3. The Kier molecular flexibility index (Phi) is 51.8. The minimum Gasteiger partial charge on any atom is -0.582 e. The number of aromatic amines is 1. The van der Waals surface area contributed by atoms with Crippen LogP contribution in [0.25, 0.3) is 0 Å². The van der Waals surface area contributed by atoms with Crippen LogP contribution in [0.1, 0.15) is 45.6 Å². The van der Waals surface area contributed by atoms with Crippen LogP contribution in [0.3, 0.4) is 0 Å². The van der Waals surface area contributed by atoms with Crippen molar-refractivity contribution < 1.29 is 132 Å². The summed E-state index contributed by atoms with van der Waals surface area (Å²) >= 11 is 0. The molecule has 4 radical (unpaired) electrons.